The van der Waals surface area contributed by atoms with Gasteiger partial charge in [-0.3, -0.25) is 4.79 Å². The largest absolute Gasteiger partial charge is 0.309 e. The SMILES string of the molecule is O=C(c1ccc2c(c1)CNC2)c1ccc(Cl)cc1F. The molecule has 0 bridgehead atoms. The second-order valence-electron chi connectivity index (χ2n) is 4.54. The second-order valence-corrected chi connectivity index (χ2v) is 4.98. The molecule has 2 aromatic carbocycles. The first kappa shape index (κ1) is 12.3. The van der Waals surface area contributed by atoms with E-state index in [1.165, 1.54) is 17.7 Å². The van der Waals surface area contributed by atoms with Gasteiger partial charge in [-0.05, 0) is 35.4 Å². The maximum absolute atomic E-state index is 13.7. The van der Waals surface area contributed by atoms with Crippen molar-refractivity contribution in [2.24, 2.45) is 0 Å². The molecule has 3 rings (SSSR count). The van der Waals surface area contributed by atoms with Crippen molar-refractivity contribution >= 4 is 17.4 Å². The Hall–Kier alpha value is -1.71. The topological polar surface area (TPSA) is 29.1 Å². The van der Waals surface area contributed by atoms with E-state index in [4.69, 9.17) is 11.6 Å². The summed E-state index contributed by atoms with van der Waals surface area (Å²) in [4.78, 5) is 12.3. The van der Waals surface area contributed by atoms with E-state index in [0.29, 0.717) is 5.56 Å². The average molecular weight is 276 g/mol. The molecule has 4 heteroatoms. The number of hydrogen-bond donors (Lipinski definition) is 1. The smallest absolute Gasteiger partial charge is 0.195 e. The zero-order valence-corrected chi connectivity index (χ0v) is 10.8. The lowest BCUT2D eigenvalue weighted by Gasteiger charge is -2.05. The molecular formula is C15H11ClFNO. The Bertz CT molecular complexity index is 669. The maximum atomic E-state index is 13.7. The monoisotopic (exact) mass is 275 g/mol. The molecule has 2 aromatic rings. The van der Waals surface area contributed by atoms with Crippen LogP contribution in [0.15, 0.2) is 36.4 Å². The van der Waals surface area contributed by atoms with Gasteiger partial charge < -0.3 is 5.32 Å². The van der Waals surface area contributed by atoms with Gasteiger partial charge in [-0.25, -0.2) is 4.39 Å². The first-order valence-corrected chi connectivity index (χ1v) is 6.35. The van der Waals surface area contributed by atoms with E-state index in [1.807, 2.05) is 12.1 Å². The fraction of sp³-hybridized carbons (Fsp3) is 0.133. The van der Waals surface area contributed by atoms with E-state index in [2.05, 4.69) is 5.32 Å². The van der Waals surface area contributed by atoms with Crippen molar-refractivity contribution in [1.82, 2.24) is 5.32 Å². The summed E-state index contributed by atoms with van der Waals surface area (Å²) < 4.78 is 13.7. The summed E-state index contributed by atoms with van der Waals surface area (Å²) in [6.07, 6.45) is 0. The molecule has 1 N–H and O–H groups in total. The third-order valence-corrected chi connectivity index (χ3v) is 3.51. The molecule has 0 saturated heterocycles. The van der Waals surface area contributed by atoms with Crippen molar-refractivity contribution in [3.63, 3.8) is 0 Å². The first-order valence-electron chi connectivity index (χ1n) is 5.97. The molecule has 1 aliphatic heterocycles. The van der Waals surface area contributed by atoms with Crippen LogP contribution in [0.25, 0.3) is 0 Å². The molecule has 1 heterocycles. The minimum Gasteiger partial charge on any atom is -0.309 e. The van der Waals surface area contributed by atoms with E-state index in [-0.39, 0.29) is 16.4 Å². The number of carbonyl (C=O) groups is 1. The third-order valence-electron chi connectivity index (χ3n) is 3.28. The lowest BCUT2D eigenvalue weighted by Crippen LogP contribution is -2.05. The van der Waals surface area contributed by atoms with Gasteiger partial charge in [0.2, 0.25) is 0 Å². The Morgan fingerprint density at radius 1 is 1.11 bits per heavy atom. The van der Waals surface area contributed by atoms with Gasteiger partial charge >= 0.3 is 0 Å². The van der Waals surface area contributed by atoms with Gasteiger partial charge in [0.1, 0.15) is 5.82 Å². The van der Waals surface area contributed by atoms with Crippen LogP contribution in [0.5, 0.6) is 0 Å². The maximum Gasteiger partial charge on any atom is 0.195 e. The number of hydrogen-bond acceptors (Lipinski definition) is 2. The summed E-state index contributed by atoms with van der Waals surface area (Å²) >= 11 is 5.68. The highest BCUT2D eigenvalue weighted by Gasteiger charge is 2.17. The molecule has 0 amide bonds. The van der Waals surface area contributed by atoms with E-state index < -0.39 is 5.82 Å². The predicted molar refractivity (Wildman–Crippen MR) is 71.8 cm³/mol. The van der Waals surface area contributed by atoms with Crippen molar-refractivity contribution in [2.75, 3.05) is 0 Å². The Morgan fingerprint density at radius 2 is 1.89 bits per heavy atom. The summed E-state index contributed by atoms with van der Waals surface area (Å²) in [6.45, 7) is 1.57. The summed E-state index contributed by atoms with van der Waals surface area (Å²) in [5, 5.41) is 3.49. The Labute approximate surface area is 115 Å². The summed E-state index contributed by atoms with van der Waals surface area (Å²) in [5.41, 5.74) is 2.84. The molecule has 0 atom stereocenters. The number of ketones is 1. The number of halogens is 2. The Morgan fingerprint density at radius 3 is 2.68 bits per heavy atom. The minimum absolute atomic E-state index is 0.0512. The normalized spacial score (nSPS) is 13.4. The van der Waals surface area contributed by atoms with Crippen LogP contribution in [0.1, 0.15) is 27.0 Å². The van der Waals surface area contributed by atoms with Crippen LogP contribution in [0.2, 0.25) is 5.02 Å². The van der Waals surface area contributed by atoms with Crippen LogP contribution in [0, 0.1) is 5.82 Å². The number of carbonyl (C=O) groups excluding carboxylic acids is 1. The standard InChI is InChI=1S/C15H11ClFNO/c16-12-3-4-13(14(17)6-12)15(19)9-1-2-10-7-18-8-11(10)5-9/h1-6,18H,7-8H2. The molecule has 0 spiro atoms. The highest BCUT2D eigenvalue weighted by molar-refractivity contribution is 6.30. The number of fused-ring (bicyclic) bond motifs is 1. The highest BCUT2D eigenvalue weighted by atomic mass is 35.5. The molecular weight excluding hydrogens is 265 g/mol. The predicted octanol–water partition coefficient (Wildman–Crippen LogP) is 3.31. The fourth-order valence-electron chi connectivity index (χ4n) is 2.27. The van der Waals surface area contributed by atoms with Gasteiger partial charge in [0.05, 0.1) is 5.56 Å². The van der Waals surface area contributed by atoms with Gasteiger partial charge in [0.15, 0.2) is 5.78 Å². The quantitative estimate of drug-likeness (QED) is 0.852. The molecule has 0 unspecified atom stereocenters. The van der Waals surface area contributed by atoms with Crippen LogP contribution in [-0.4, -0.2) is 5.78 Å². The number of rotatable bonds is 2. The summed E-state index contributed by atoms with van der Waals surface area (Å²) in [6, 6.07) is 9.58. The van der Waals surface area contributed by atoms with Crippen LogP contribution in [0.3, 0.4) is 0 Å². The van der Waals surface area contributed by atoms with Gasteiger partial charge in [-0.1, -0.05) is 23.7 Å². The number of nitrogens with one attached hydrogen (secondary N) is 1. The molecule has 0 aliphatic carbocycles. The molecule has 0 saturated carbocycles. The molecule has 0 aromatic heterocycles. The highest BCUT2D eigenvalue weighted by Crippen LogP contribution is 2.21. The molecule has 0 radical (unpaired) electrons. The van der Waals surface area contributed by atoms with Crippen molar-refractivity contribution in [2.45, 2.75) is 13.1 Å². The van der Waals surface area contributed by atoms with Crippen molar-refractivity contribution in [3.8, 4) is 0 Å². The molecule has 96 valence electrons. The Balaban J connectivity index is 2.00. The molecule has 2 nitrogen and oxygen atoms in total. The summed E-state index contributed by atoms with van der Waals surface area (Å²) in [7, 11) is 0. The van der Waals surface area contributed by atoms with E-state index in [1.54, 1.807) is 6.07 Å². The lowest BCUT2D eigenvalue weighted by molar-refractivity contribution is 0.103. The van der Waals surface area contributed by atoms with Crippen molar-refractivity contribution in [3.05, 3.63) is 69.5 Å². The number of benzene rings is 2. The van der Waals surface area contributed by atoms with E-state index in [0.717, 1.165) is 24.7 Å². The second kappa shape index (κ2) is 4.76. The lowest BCUT2D eigenvalue weighted by atomic mass is 9.99. The zero-order chi connectivity index (χ0) is 13.4. The van der Waals surface area contributed by atoms with Crippen LogP contribution in [-0.2, 0) is 13.1 Å². The van der Waals surface area contributed by atoms with Gasteiger partial charge in [0, 0.05) is 23.7 Å². The van der Waals surface area contributed by atoms with Gasteiger partial charge in [-0.15, -0.1) is 0 Å². The molecule has 19 heavy (non-hydrogen) atoms. The zero-order valence-electron chi connectivity index (χ0n) is 10.0. The van der Waals surface area contributed by atoms with Crippen molar-refractivity contribution < 1.29 is 9.18 Å². The third kappa shape index (κ3) is 2.27. The molecule has 1 aliphatic rings. The van der Waals surface area contributed by atoms with Crippen LogP contribution >= 0.6 is 11.6 Å². The Kier molecular flexibility index (Phi) is 3.09. The molecule has 0 fully saturated rings. The van der Waals surface area contributed by atoms with E-state index in [9.17, 15) is 9.18 Å². The first-order chi connectivity index (χ1) is 9.15. The van der Waals surface area contributed by atoms with Gasteiger partial charge in [0.25, 0.3) is 0 Å². The van der Waals surface area contributed by atoms with E-state index >= 15 is 0 Å². The minimum atomic E-state index is -0.587. The fourth-order valence-corrected chi connectivity index (χ4v) is 2.42. The average Bonchev–Trinajstić information content (AvgIpc) is 2.85. The van der Waals surface area contributed by atoms with Gasteiger partial charge in [-0.2, -0.15) is 0 Å². The van der Waals surface area contributed by atoms with Crippen LogP contribution in [0.4, 0.5) is 4.39 Å². The summed E-state index contributed by atoms with van der Waals surface area (Å²) in [5.74, 6) is -0.903. The van der Waals surface area contributed by atoms with Crippen LogP contribution < -0.4 is 5.32 Å². The van der Waals surface area contributed by atoms with Crippen molar-refractivity contribution in [1.29, 1.82) is 0 Å².